The Morgan fingerprint density at radius 1 is 1.15 bits per heavy atom. The zero-order chi connectivity index (χ0) is 23.3. The van der Waals surface area contributed by atoms with E-state index in [1.807, 2.05) is 29.6 Å². The van der Waals surface area contributed by atoms with Crippen molar-refractivity contribution in [3.8, 4) is 0 Å². The van der Waals surface area contributed by atoms with Gasteiger partial charge in [-0.3, -0.25) is 14.9 Å². The molecular weight excluding hydrogens is 448 g/mol. The van der Waals surface area contributed by atoms with Crippen LogP contribution in [-0.4, -0.2) is 16.1 Å². The molecule has 3 aromatic heterocycles. The molecule has 174 valence electrons. The third-order valence-electron chi connectivity index (χ3n) is 6.19. The number of hydrogen-bond donors (Lipinski definition) is 3. The molecule has 0 radical (unpaired) electrons. The Morgan fingerprint density at radius 3 is 2.82 bits per heavy atom. The SMILES string of the molecule is O=C(NC(NCc1ccsc1)c1ccoc1)c1cccc(Cc2n[nH]c(=O)c3c2CCCC3)c1. The molecule has 4 aromatic rings. The molecule has 7 nitrogen and oxygen atoms in total. The van der Waals surface area contributed by atoms with E-state index in [4.69, 9.17) is 4.42 Å². The van der Waals surface area contributed by atoms with Crippen LogP contribution in [-0.2, 0) is 25.8 Å². The first-order chi connectivity index (χ1) is 16.7. The third kappa shape index (κ3) is 5.03. The number of furan rings is 1. The Bertz CT molecular complexity index is 1310. The Labute approximate surface area is 201 Å². The number of fused-ring (bicyclic) bond motifs is 1. The van der Waals surface area contributed by atoms with Crippen LogP contribution in [0.25, 0.3) is 0 Å². The van der Waals surface area contributed by atoms with E-state index in [-0.39, 0.29) is 17.6 Å². The van der Waals surface area contributed by atoms with Gasteiger partial charge in [0.2, 0.25) is 0 Å². The lowest BCUT2D eigenvalue weighted by atomic mass is 9.90. The highest BCUT2D eigenvalue weighted by molar-refractivity contribution is 7.07. The number of aromatic nitrogens is 2. The lowest BCUT2D eigenvalue weighted by Crippen LogP contribution is -2.37. The van der Waals surface area contributed by atoms with Gasteiger partial charge in [-0.05, 0) is 77.4 Å². The molecule has 1 aliphatic carbocycles. The van der Waals surface area contributed by atoms with Crippen LogP contribution in [0, 0.1) is 0 Å². The third-order valence-corrected chi connectivity index (χ3v) is 6.92. The summed E-state index contributed by atoms with van der Waals surface area (Å²) in [5.74, 6) is -0.178. The highest BCUT2D eigenvalue weighted by Crippen LogP contribution is 2.22. The van der Waals surface area contributed by atoms with Crippen molar-refractivity contribution in [1.29, 1.82) is 0 Å². The standard InChI is InChI=1S/C26H26N4O3S/c31-25(28-24(20-8-10-33-15-20)27-14-18-9-11-34-16-18)19-5-3-4-17(12-19)13-23-21-6-1-2-7-22(21)26(32)30-29-23/h3-5,8-12,15-16,24,27H,1-2,6-7,13-14H2,(H,28,31)(H,30,32). The highest BCUT2D eigenvalue weighted by Gasteiger charge is 2.19. The van der Waals surface area contributed by atoms with Gasteiger partial charge >= 0.3 is 0 Å². The lowest BCUT2D eigenvalue weighted by molar-refractivity contribution is 0.0928. The average molecular weight is 475 g/mol. The topological polar surface area (TPSA) is 100 Å². The number of amides is 1. The monoisotopic (exact) mass is 474 g/mol. The van der Waals surface area contributed by atoms with E-state index in [1.165, 1.54) is 0 Å². The predicted octanol–water partition coefficient (Wildman–Crippen LogP) is 4.11. The normalized spacial score (nSPS) is 13.9. The lowest BCUT2D eigenvalue weighted by Gasteiger charge is -2.19. The van der Waals surface area contributed by atoms with Crippen molar-refractivity contribution in [1.82, 2.24) is 20.8 Å². The molecule has 1 atom stereocenters. The zero-order valence-electron chi connectivity index (χ0n) is 18.7. The first-order valence-corrected chi connectivity index (χ1v) is 12.4. The summed E-state index contributed by atoms with van der Waals surface area (Å²) in [6.07, 6.45) is 7.20. The molecule has 0 spiro atoms. The first kappa shape index (κ1) is 22.3. The Hall–Kier alpha value is -3.49. The van der Waals surface area contributed by atoms with Crippen molar-refractivity contribution >= 4 is 17.2 Å². The van der Waals surface area contributed by atoms with Crippen molar-refractivity contribution in [2.45, 2.75) is 44.8 Å². The van der Waals surface area contributed by atoms with Crippen LogP contribution in [0.2, 0.25) is 0 Å². The fraction of sp³-hybridized carbons (Fsp3) is 0.269. The van der Waals surface area contributed by atoms with E-state index < -0.39 is 0 Å². The van der Waals surface area contributed by atoms with Gasteiger partial charge in [0.1, 0.15) is 6.17 Å². The maximum atomic E-state index is 13.2. The summed E-state index contributed by atoms with van der Waals surface area (Å²) in [4.78, 5) is 25.3. The van der Waals surface area contributed by atoms with Gasteiger partial charge in [-0.25, -0.2) is 5.10 Å². The number of benzene rings is 1. The van der Waals surface area contributed by atoms with Crippen LogP contribution in [0.5, 0.6) is 0 Å². The minimum atomic E-state index is -0.386. The molecule has 0 aliphatic heterocycles. The van der Waals surface area contributed by atoms with Gasteiger partial charge in [-0.1, -0.05) is 12.1 Å². The van der Waals surface area contributed by atoms with E-state index in [0.29, 0.717) is 18.5 Å². The molecule has 1 unspecified atom stereocenters. The highest BCUT2D eigenvalue weighted by atomic mass is 32.1. The van der Waals surface area contributed by atoms with Gasteiger partial charge in [0.25, 0.3) is 11.5 Å². The van der Waals surface area contributed by atoms with E-state index in [1.54, 1.807) is 29.9 Å². The summed E-state index contributed by atoms with van der Waals surface area (Å²) in [6.45, 7) is 0.628. The summed E-state index contributed by atoms with van der Waals surface area (Å²) in [5.41, 5.74) is 6.31. The summed E-state index contributed by atoms with van der Waals surface area (Å²) in [7, 11) is 0. The van der Waals surface area contributed by atoms with E-state index >= 15 is 0 Å². The van der Waals surface area contributed by atoms with Crippen LogP contribution in [0.15, 0.2) is 68.9 Å². The van der Waals surface area contributed by atoms with E-state index in [9.17, 15) is 9.59 Å². The van der Waals surface area contributed by atoms with Crippen molar-refractivity contribution in [3.05, 3.63) is 109 Å². The van der Waals surface area contributed by atoms with Gasteiger partial charge < -0.3 is 9.73 Å². The van der Waals surface area contributed by atoms with Crippen molar-refractivity contribution in [2.75, 3.05) is 0 Å². The van der Waals surface area contributed by atoms with Crippen LogP contribution < -0.4 is 16.2 Å². The van der Waals surface area contributed by atoms with E-state index in [2.05, 4.69) is 32.3 Å². The maximum absolute atomic E-state index is 13.2. The Kier molecular flexibility index (Phi) is 6.69. The number of aromatic amines is 1. The number of carbonyl (C=O) groups is 1. The molecule has 0 fully saturated rings. The van der Waals surface area contributed by atoms with Gasteiger partial charge in [0.05, 0.1) is 18.2 Å². The van der Waals surface area contributed by atoms with Crippen LogP contribution in [0.3, 0.4) is 0 Å². The van der Waals surface area contributed by atoms with Crippen LogP contribution in [0.4, 0.5) is 0 Å². The molecule has 5 rings (SSSR count). The number of carbonyl (C=O) groups excluding carboxylic acids is 1. The second-order valence-corrected chi connectivity index (χ2v) is 9.30. The molecule has 0 bridgehead atoms. The summed E-state index contributed by atoms with van der Waals surface area (Å²) >= 11 is 1.64. The molecule has 1 aromatic carbocycles. The molecule has 1 aliphatic rings. The summed E-state index contributed by atoms with van der Waals surface area (Å²) in [5, 5.41) is 17.6. The average Bonchev–Trinajstić information content (AvgIpc) is 3.59. The summed E-state index contributed by atoms with van der Waals surface area (Å²) < 4.78 is 5.24. The number of nitrogens with one attached hydrogen (secondary N) is 3. The summed E-state index contributed by atoms with van der Waals surface area (Å²) in [6, 6.07) is 11.5. The number of thiophene rings is 1. The molecule has 0 saturated heterocycles. The Balaban J connectivity index is 1.32. The van der Waals surface area contributed by atoms with Crippen molar-refractivity contribution in [3.63, 3.8) is 0 Å². The minimum absolute atomic E-state index is 0.0770. The second kappa shape index (κ2) is 10.2. The first-order valence-electron chi connectivity index (χ1n) is 11.4. The van der Waals surface area contributed by atoms with E-state index in [0.717, 1.165) is 59.2 Å². The molecule has 1 amide bonds. The molecule has 34 heavy (non-hydrogen) atoms. The smallest absolute Gasteiger partial charge is 0.267 e. The molecule has 3 N–H and O–H groups in total. The van der Waals surface area contributed by atoms with Gasteiger partial charge in [0, 0.05) is 29.7 Å². The van der Waals surface area contributed by atoms with Crippen LogP contribution >= 0.6 is 11.3 Å². The number of nitrogens with zero attached hydrogens (tertiary/aromatic N) is 1. The zero-order valence-corrected chi connectivity index (χ0v) is 19.5. The number of hydrogen-bond acceptors (Lipinski definition) is 6. The number of rotatable bonds is 8. The van der Waals surface area contributed by atoms with Gasteiger partial charge in [0.15, 0.2) is 0 Å². The molecule has 8 heteroatoms. The van der Waals surface area contributed by atoms with Crippen molar-refractivity contribution in [2.24, 2.45) is 0 Å². The van der Waals surface area contributed by atoms with Gasteiger partial charge in [-0.15, -0.1) is 0 Å². The minimum Gasteiger partial charge on any atom is -0.472 e. The molecule has 0 saturated carbocycles. The van der Waals surface area contributed by atoms with Crippen LogP contribution in [0.1, 0.15) is 62.9 Å². The second-order valence-electron chi connectivity index (χ2n) is 8.52. The fourth-order valence-electron chi connectivity index (χ4n) is 4.41. The Morgan fingerprint density at radius 2 is 2.03 bits per heavy atom. The fourth-order valence-corrected chi connectivity index (χ4v) is 5.08. The maximum Gasteiger partial charge on any atom is 0.267 e. The molecule has 3 heterocycles. The number of H-pyrrole nitrogens is 1. The van der Waals surface area contributed by atoms with Crippen molar-refractivity contribution < 1.29 is 9.21 Å². The van der Waals surface area contributed by atoms with Gasteiger partial charge in [-0.2, -0.15) is 16.4 Å². The predicted molar refractivity (Wildman–Crippen MR) is 131 cm³/mol. The quantitative estimate of drug-likeness (QED) is 0.334. The largest absolute Gasteiger partial charge is 0.472 e. The molecular formula is C26H26N4O3S.